The summed E-state index contributed by atoms with van der Waals surface area (Å²) in [5, 5.41) is 0. The Labute approximate surface area is 148 Å². The van der Waals surface area contributed by atoms with Crippen molar-refractivity contribution in [3.63, 3.8) is 0 Å². The second-order valence-corrected chi connectivity index (χ2v) is 6.67. The molecule has 0 unspecified atom stereocenters. The lowest BCUT2D eigenvalue weighted by molar-refractivity contribution is 0.247. The van der Waals surface area contributed by atoms with E-state index in [2.05, 4.69) is 57.8 Å². The van der Waals surface area contributed by atoms with E-state index in [1.54, 1.807) is 7.11 Å². The second-order valence-electron chi connectivity index (χ2n) is 6.67. The molecule has 4 rings (SSSR count). The lowest BCUT2D eigenvalue weighted by atomic mass is 10.2. The number of piperazine rings is 1. The van der Waals surface area contributed by atoms with Gasteiger partial charge < -0.3 is 14.0 Å². The highest BCUT2D eigenvalue weighted by atomic mass is 16.5. The fourth-order valence-corrected chi connectivity index (χ4v) is 3.42. The first-order chi connectivity index (χ1) is 12.2. The molecule has 1 aliphatic rings. The summed E-state index contributed by atoms with van der Waals surface area (Å²) in [5.41, 5.74) is 4.69. The highest BCUT2D eigenvalue weighted by molar-refractivity contribution is 5.49. The van der Waals surface area contributed by atoms with Crippen molar-refractivity contribution in [1.82, 2.24) is 14.3 Å². The van der Waals surface area contributed by atoms with Crippen LogP contribution in [-0.2, 0) is 6.54 Å². The van der Waals surface area contributed by atoms with Gasteiger partial charge in [-0.25, -0.2) is 4.98 Å². The smallest absolute Gasteiger partial charge is 0.137 e. The van der Waals surface area contributed by atoms with E-state index in [1.165, 1.54) is 11.3 Å². The quantitative estimate of drug-likeness (QED) is 0.733. The Balaban J connectivity index is 1.37. The number of aromatic nitrogens is 2. The van der Waals surface area contributed by atoms with Gasteiger partial charge in [0, 0.05) is 50.8 Å². The van der Waals surface area contributed by atoms with Gasteiger partial charge in [-0.05, 0) is 42.8 Å². The largest absolute Gasteiger partial charge is 0.497 e. The number of methoxy groups -OCH3 is 1. The summed E-state index contributed by atoms with van der Waals surface area (Å²) in [6.07, 6.45) is 4.28. The Morgan fingerprint density at radius 3 is 2.44 bits per heavy atom. The highest BCUT2D eigenvalue weighted by Crippen LogP contribution is 2.21. The summed E-state index contributed by atoms with van der Waals surface area (Å²) in [6.45, 7) is 7.21. The summed E-state index contributed by atoms with van der Waals surface area (Å²) >= 11 is 0. The molecule has 0 atom stereocenters. The first kappa shape index (κ1) is 16.0. The van der Waals surface area contributed by atoms with Crippen molar-refractivity contribution in [1.29, 1.82) is 0 Å². The lowest BCUT2D eigenvalue weighted by Crippen LogP contribution is -2.46. The maximum absolute atomic E-state index is 5.24. The van der Waals surface area contributed by atoms with Gasteiger partial charge in [-0.15, -0.1) is 0 Å². The molecule has 0 bridgehead atoms. The third-order valence-electron chi connectivity index (χ3n) is 4.84. The molecule has 1 fully saturated rings. The van der Waals surface area contributed by atoms with Crippen molar-refractivity contribution in [3.05, 3.63) is 60.0 Å². The molecular weight excluding hydrogens is 312 g/mol. The third kappa shape index (κ3) is 3.46. The van der Waals surface area contributed by atoms with Gasteiger partial charge in [0.15, 0.2) is 0 Å². The van der Waals surface area contributed by atoms with Gasteiger partial charge >= 0.3 is 0 Å². The number of fused-ring (bicyclic) bond motifs is 1. The van der Waals surface area contributed by atoms with Gasteiger partial charge in [0.25, 0.3) is 0 Å². The molecule has 3 aromatic rings. The van der Waals surface area contributed by atoms with E-state index in [4.69, 9.17) is 9.72 Å². The molecule has 3 heterocycles. The molecule has 2 aromatic heterocycles. The Morgan fingerprint density at radius 2 is 1.72 bits per heavy atom. The van der Waals surface area contributed by atoms with E-state index in [0.717, 1.165) is 49.8 Å². The van der Waals surface area contributed by atoms with Crippen LogP contribution in [0.4, 0.5) is 5.69 Å². The fraction of sp³-hybridized carbons (Fsp3) is 0.350. The molecule has 0 N–H and O–H groups in total. The first-order valence-electron chi connectivity index (χ1n) is 8.77. The molecule has 0 spiro atoms. The summed E-state index contributed by atoms with van der Waals surface area (Å²) in [4.78, 5) is 9.65. The maximum Gasteiger partial charge on any atom is 0.137 e. The predicted octanol–water partition coefficient (Wildman–Crippen LogP) is 2.97. The Morgan fingerprint density at radius 1 is 0.960 bits per heavy atom. The van der Waals surface area contributed by atoms with E-state index in [-0.39, 0.29) is 0 Å². The minimum Gasteiger partial charge on any atom is -0.497 e. The zero-order valence-electron chi connectivity index (χ0n) is 14.9. The van der Waals surface area contributed by atoms with Crippen molar-refractivity contribution in [2.24, 2.45) is 0 Å². The Bertz CT molecular complexity index is 848. The van der Waals surface area contributed by atoms with Gasteiger partial charge in [-0.2, -0.15) is 0 Å². The van der Waals surface area contributed by atoms with Crippen molar-refractivity contribution in [3.8, 4) is 5.75 Å². The Hall–Kier alpha value is -2.53. The number of hydrogen-bond donors (Lipinski definition) is 0. The molecule has 130 valence electrons. The minimum absolute atomic E-state index is 0.907. The molecule has 0 aliphatic carbocycles. The predicted molar refractivity (Wildman–Crippen MR) is 100 cm³/mol. The molecule has 25 heavy (non-hydrogen) atoms. The van der Waals surface area contributed by atoms with Crippen LogP contribution in [0.5, 0.6) is 5.75 Å². The van der Waals surface area contributed by atoms with Crippen LogP contribution in [0.25, 0.3) is 5.65 Å². The van der Waals surface area contributed by atoms with Gasteiger partial charge in [0.05, 0.1) is 12.8 Å². The van der Waals surface area contributed by atoms with E-state index in [9.17, 15) is 0 Å². The third-order valence-corrected chi connectivity index (χ3v) is 4.84. The maximum atomic E-state index is 5.24. The number of benzene rings is 1. The van der Waals surface area contributed by atoms with E-state index >= 15 is 0 Å². The van der Waals surface area contributed by atoms with Crippen molar-refractivity contribution >= 4 is 11.3 Å². The normalized spacial score (nSPS) is 15.7. The zero-order valence-corrected chi connectivity index (χ0v) is 14.9. The lowest BCUT2D eigenvalue weighted by Gasteiger charge is -2.35. The SMILES string of the molecule is COc1ccc(N2CCN(Cc3cn4cc(C)ccc4n3)CC2)cc1. The van der Waals surface area contributed by atoms with Crippen LogP contribution in [0.1, 0.15) is 11.3 Å². The van der Waals surface area contributed by atoms with Crippen LogP contribution in [0.3, 0.4) is 0 Å². The summed E-state index contributed by atoms with van der Waals surface area (Å²) in [6, 6.07) is 12.5. The molecule has 0 radical (unpaired) electrons. The summed E-state index contributed by atoms with van der Waals surface area (Å²) in [7, 11) is 1.70. The fourth-order valence-electron chi connectivity index (χ4n) is 3.42. The second kappa shape index (κ2) is 6.76. The zero-order chi connectivity index (χ0) is 17.2. The van der Waals surface area contributed by atoms with E-state index in [1.807, 2.05) is 12.1 Å². The standard InChI is InChI=1S/C20H24N4O/c1-16-3-8-20-21-17(15-24(20)13-16)14-22-9-11-23(12-10-22)18-4-6-19(25-2)7-5-18/h3-8,13,15H,9-12,14H2,1-2H3. The van der Waals surface area contributed by atoms with Crippen LogP contribution >= 0.6 is 0 Å². The average Bonchev–Trinajstić information content (AvgIpc) is 3.04. The van der Waals surface area contributed by atoms with E-state index in [0.29, 0.717) is 0 Å². The number of pyridine rings is 1. The number of rotatable bonds is 4. The minimum atomic E-state index is 0.907. The van der Waals surface area contributed by atoms with E-state index < -0.39 is 0 Å². The number of anilines is 1. The number of aryl methyl sites for hydroxylation is 1. The molecular formula is C20H24N4O. The van der Waals surface area contributed by atoms with Crippen molar-refractivity contribution in [2.75, 3.05) is 38.2 Å². The topological polar surface area (TPSA) is 33.0 Å². The molecule has 0 amide bonds. The highest BCUT2D eigenvalue weighted by Gasteiger charge is 2.18. The molecule has 5 nitrogen and oxygen atoms in total. The number of ether oxygens (including phenoxy) is 1. The molecule has 5 heteroatoms. The van der Waals surface area contributed by atoms with Crippen molar-refractivity contribution in [2.45, 2.75) is 13.5 Å². The monoisotopic (exact) mass is 336 g/mol. The van der Waals surface area contributed by atoms with Crippen LogP contribution in [-0.4, -0.2) is 47.6 Å². The molecule has 0 saturated carbocycles. The number of imidazole rings is 1. The van der Waals surface area contributed by atoms with Crippen LogP contribution in [0.2, 0.25) is 0 Å². The van der Waals surface area contributed by atoms with Gasteiger partial charge in [-0.1, -0.05) is 6.07 Å². The van der Waals surface area contributed by atoms with Crippen LogP contribution in [0, 0.1) is 6.92 Å². The average molecular weight is 336 g/mol. The summed E-state index contributed by atoms with van der Waals surface area (Å²) in [5.74, 6) is 0.907. The summed E-state index contributed by atoms with van der Waals surface area (Å²) < 4.78 is 7.36. The molecule has 1 saturated heterocycles. The van der Waals surface area contributed by atoms with Gasteiger partial charge in [0.1, 0.15) is 11.4 Å². The van der Waals surface area contributed by atoms with Gasteiger partial charge in [0.2, 0.25) is 0 Å². The van der Waals surface area contributed by atoms with Crippen LogP contribution < -0.4 is 9.64 Å². The number of nitrogens with zero attached hydrogens (tertiary/aromatic N) is 4. The first-order valence-corrected chi connectivity index (χ1v) is 8.77. The Kier molecular flexibility index (Phi) is 4.32. The van der Waals surface area contributed by atoms with Crippen molar-refractivity contribution < 1.29 is 4.74 Å². The molecule has 1 aromatic carbocycles. The number of hydrogen-bond acceptors (Lipinski definition) is 4. The van der Waals surface area contributed by atoms with Gasteiger partial charge in [-0.3, -0.25) is 4.90 Å². The molecule has 1 aliphatic heterocycles. The van der Waals surface area contributed by atoms with Crippen LogP contribution in [0.15, 0.2) is 48.8 Å².